The number of ether oxygens (including phenoxy) is 1. The number of nitrogens with one attached hydrogen (secondary N) is 1. The quantitative estimate of drug-likeness (QED) is 0.710. The second-order valence-corrected chi connectivity index (χ2v) is 4.49. The zero-order valence-electron chi connectivity index (χ0n) is 9.88. The molecule has 0 spiro atoms. The Morgan fingerprint density at radius 2 is 2.29 bits per heavy atom. The van der Waals surface area contributed by atoms with Gasteiger partial charge in [0.25, 0.3) is 0 Å². The Labute approximate surface area is 88.4 Å². The van der Waals surface area contributed by atoms with E-state index < -0.39 is 0 Å². The highest BCUT2D eigenvalue weighted by Crippen LogP contribution is 2.21. The maximum Gasteiger partial charge on any atom is 0.0576 e. The van der Waals surface area contributed by atoms with Gasteiger partial charge in [-0.05, 0) is 45.1 Å². The van der Waals surface area contributed by atoms with Gasteiger partial charge in [-0.25, -0.2) is 0 Å². The third-order valence-electron chi connectivity index (χ3n) is 3.47. The van der Waals surface area contributed by atoms with E-state index in [0.29, 0.717) is 12.1 Å². The van der Waals surface area contributed by atoms with Gasteiger partial charge in [0.05, 0.1) is 6.10 Å². The van der Waals surface area contributed by atoms with Crippen molar-refractivity contribution in [1.82, 2.24) is 5.32 Å². The molecule has 0 saturated carbocycles. The fraction of sp³-hybridized carbons (Fsp3) is 1.00. The summed E-state index contributed by atoms with van der Waals surface area (Å²) in [6, 6.07) is 0.677. The summed E-state index contributed by atoms with van der Waals surface area (Å²) in [5, 5.41) is 3.39. The number of rotatable bonds is 6. The predicted molar refractivity (Wildman–Crippen MR) is 60.5 cm³/mol. The monoisotopic (exact) mass is 199 g/mol. The molecule has 0 aromatic heterocycles. The second-order valence-electron chi connectivity index (χ2n) is 4.49. The SMILES string of the molecule is CCC(NC)C(C)CCC1CCCO1. The van der Waals surface area contributed by atoms with Crippen LogP contribution in [0.2, 0.25) is 0 Å². The third kappa shape index (κ3) is 3.58. The van der Waals surface area contributed by atoms with Crippen molar-refractivity contribution < 1.29 is 4.74 Å². The van der Waals surface area contributed by atoms with Crippen molar-refractivity contribution in [2.24, 2.45) is 5.92 Å². The lowest BCUT2D eigenvalue weighted by Gasteiger charge is -2.23. The van der Waals surface area contributed by atoms with Gasteiger partial charge in [-0.15, -0.1) is 0 Å². The molecule has 0 bridgehead atoms. The molecule has 0 radical (unpaired) electrons. The molecule has 0 amide bonds. The predicted octanol–water partition coefficient (Wildman–Crippen LogP) is 2.58. The summed E-state index contributed by atoms with van der Waals surface area (Å²) in [7, 11) is 2.07. The molecule has 1 N–H and O–H groups in total. The van der Waals surface area contributed by atoms with Gasteiger partial charge in [-0.3, -0.25) is 0 Å². The Morgan fingerprint density at radius 3 is 2.79 bits per heavy atom. The number of hydrogen-bond donors (Lipinski definition) is 1. The smallest absolute Gasteiger partial charge is 0.0576 e. The van der Waals surface area contributed by atoms with E-state index in [2.05, 4.69) is 26.2 Å². The van der Waals surface area contributed by atoms with Crippen molar-refractivity contribution in [2.45, 2.75) is 58.1 Å². The van der Waals surface area contributed by atoms with Gasteiger partial charge in [0, 0.05) is 12.6 Å². The lowest BCUT2D eigenvalue weighted by Crippen LogP contribution is -2.31. The van der Waals surface area contributed by atoms with Crippen LogP contribution in [-0.2, 0) is 4.74 Å². The van der Waals surface area contributed by atoms with Crippen LogP contribution >= 0.6 is 0 Å². The Balaban J connectivity index is 2.15. The van der Waals surface area contributed by atoms with E-state index in [0.717, 1.165) is 12.5 Å². The summed E-state index contributed by atoms with van der Waals surface area (Å²) >= 11 is 0. The van der Waals surface area contributed by atoms with E-state index in [1.807, 2.05) is 0 Å². The molecule has 84 valence electrons. The van der Waals surface area contributed by atoms with Crippen LogP contribution in [0.1, 0.15) is 46.0 Å². The Kier molecular flexibility index (Phi) is 5.49. The summed E-state index contributed by atoms with van der Waals surface area (Å²) in [5.41, 5.74) is 0. The van der Waals surface area contributed by atoms with E-state index in [1.165, 1.54) is 32.1 Å². The van der Waals surface area contributed by atoms with Gasteiger partial charge in [0.1, 0.15) is 0 Å². The normalized spacial score (nSPS) is 26.4. The average molecular weight is 199 g/mol. The highest BCUT2D eigenvalue weighted by Gasteiger charge is 2.19. The minimum absolute atomic E-state index is 0.562. The standard InChI is InChI=1S/C12H25NO/c1-4-12(13-3)10(2)7-8-11-6-5-9-14-11/h10-13H,4-9H2,1-3H3. The maximum atomic E-state index is 5.63. The van der Waals surface area contributed by atoms with Gasteiger partial charge in [0.2, 0.25) is 0 Å². The minimum atomic E-state index is 0.562. The molecule has 2 nitrogen and oxygen atoms in total. The fourth-order valence-electron chi connectivity index (χ4n) is 2.41. The van der Waals surface area contributed by atoms with Gasteiger partial charge in [-0.1, -0.05) is 13.8 Å². The van der Waals surface area contributed by atoms with E-state index in [9.17, 15) is 0 Å². The lowest BCUT2D eigenvalue weighted by molar-refractivity contribution is 0.0968. The van der Waals surface area contributed by atoms with E-state index in [-0.39, 0.29) is 0 Å². The summed E-state index contributed by atoms with van der Waals surface area (Å²) in [6.45, 7) is 5.59. The van der Waals surface area contributed by atoms with Crippen molar-refractivity contribution in [1.29, 1.82) is 0 Å². The topological polar surface area (TPSA) is 21.3 Å². The van der Waals surface area contributed by atoms with Gasteiger partial charge in [-0.2, -0.15) is 0 Å². The largest absolute Gasteiger partial charge is 0.378 e. The molecule has 3 atom stereocenters. The third-order valence-corrected chi connectivity index (χ3v) is 3.47. The highest BCUT2D eigenvalue weighted by atomic mass is 16.5. The molecule has 0 aliphatic carbocycles. The van der Waals surface area contributed by atoms with E-state index in [1.54, 1.807) is 0 Å². The molecular weight excluding hydrogens is 174 g/mol. The first-order chi connectivity index (χ1) is 6.77. The zero-order chi connectivity index (χ0) is 10.4. The molecule has 1 rings (SSSR count). The van der Waals surface area contributed by atoms with Crippen LogP contribution in [0.25, 0.3) is 0 Å². The van der Waals surface area contributed by atoms with Crippen LogP contribution in [0.4, 0.5) is 0 Å². The lowest BCUT2D eigenvalue weighted by atomic mass is 9.93. The first kappa shape index (κ1) is 12.0. The Morgan fingerprint density at radius 1 is 1.50 bits per heavy atom. The Hall–Kier alpha value is -0.0800. The summed E-state index contributed by atoms with van der Waals surface area (Å²) in [5.74, 6) is 0.772. The fourth-order valence-corrected chi connectivity index (χ4v) is 2.41. The average Bonchev–Trinajstić information content (AvgIpc) is 2.69. The van der Waals surface area contributed by atoms with Crippen molar-refractivity contribution >= 4 is 0 Å². The number of hydrogen-bond acceptors (Lipinski definition) is 2. The van der Waals surface area contributed by atoms with Crippen molar-refractivity contribution in [2.75, 3.05) is 13.7 Å². The van der Waals surface area contributed by atoms with Crippen molar-refractivity contribution in [3.05, 3.63) is 0 Å². The van der Waals surface area contributed by atoms with Crippen LogP contribution in [-0.4, -0.2) is 25.8 Å². The molecule has 2 heteroatoms. The molecule has 1 aliphatic rings. The first-order valence-electron chi connectivity index (χ1n) is 6.06. The molecule has 1 aliphatic heterocycles. The van der Waals surface area contributed by atoms with Gasteiger partial charge in [0.15, 0.2) is 0 Å². The van der Waals surface area contributed by atoms with Crippen LogP contribution < -0.4 is 5.32 Å². The van der Waals surface area contributed by atoms with Crippen LogP contribution in [0.3, 0.4) is 0 Å². The highest BCUT2D eigenvalue weighted by molar-refractivity contribution is 4.73. The molecule has 0 aromatic rings. The molecular formula is C12H25NO. The maximum absolute atomic E-state index is 5.63. The minimum Gasteiger partial charge on any atom is -0.378 e. The van der Waals surface area contributed by atoms with Crippen LogP contribution in [0.15, 0.2) is 0 Å². The summed E-state index contributed by atoms with van der Waals surface area (Å²) in [6.07, 6.45) is 6.88. The Bertz CT molecular complexity index is 139. The molecule has 3 unspecified atom stereocenters. The van der Waals surface area contributed by atoms with Crippen molar-refractivity contribution in [3.63, 3.8) is 0 Å². The summed E-state index contributed by atoms with van der Waals surface area (Å²) in [4.78, 5) is 0. The van der Waals surface area contributed by atoms with Crippen LogP contribution in [0.5, 0.6) is 0 Å². The van der Waals surface area contributed by atoms with E-state index in [4.69, 9.17) is 4.74 Å². The molecule has 1 fully saturated rings. The summed E-state index contributed by atoms with van der Waals surface area (Å²) < 4.78 is 5.63. The zero-order valence-corrected chi connectivity index (χ0v) is 9.88. The van der Waals surface area contributed by atoms with E-state index >= 15 is 0 Å². The first-order valence-corrected chi connectivity index (χ1v) is 6.06. The molecule has 0 aromatic carbocycles. The van der Waals surface area contributed by atoms with Gasteiger partial charge >= 0.3 is 0 Å². The molecule has 14 heavy (non-hydrogen) atoms. The van der Waals surface area contributed by atoms with Crippen molar-refractivity contribution in [3.8, 4) is 0 Å². The molecule has 1 saturated heterocycles. The van der Waals surface area contributed by atoms with Gasteiger partial charge < -0.3 is 10.1 Å². The second kappa shape index (κ2) is 6.41. The molecule has 1 heterocycles. The van der Waals surface area contributed by atoms with Crippen LogP contribution in [0, 0.1) is 5.92 Å².